The normalized spacial score (nSPS) is 16.7. The number of phenols is 1. The van der Waals surface area contributed by atoms with Crippen molar-refractivity contribution < 1.29 is 34.1 Å². The van der Waals surface area contributed by atoms with Gasteiger partial charge in [0.2, 0.25) is 0 Å². The van der Waals surface area contributed by atoms with Crippen molar-refractivity contribution in [2.24, 2.45) is 0 Å². The first kappa shape index (κ1) is 27.0. The van der Waals surface area contributed by atoms with E-state index < -0.39 is 29.5 Å². The van der Waals surface area contributed by atoms with Gasteiger partial charge in [0.05, 0.1) is 41.0 Å². The number of ketones is 1. The van der Waals surface area contributed by atoms with Crippen molar-refractivity contribution in [3.8, 4) is 11.5 Å². The average molecular weight is 556 g/mol. The molecular weight excluding hydrogens is 533 g/mol. The van der Waals surface area contributed by atoms with Crippen LogP contribution in [0.15, 0.2) is 66.2 Å². The molecule has 10 heteroatoms. The van der Waals surface area contributed by atoms with Crippen LogP contribution in [-0.4, -0.2) is 41.1 Å². The van der Waals surface area contributed by atoms with Crippen LogP contribution in [0.4, 0.5) is 5.69 Å². The van der Waals surface area contributed by atoms with E-state index in [1.165, 1.54) is 60.5 Å². The van der Waals surface area contributed by atoms with Gasteiger partial charge < -0.3 is 19.7 Å². The van der Waals surface area contributed by atoms with Crippen molar-refractivity contribution in [2.45, 2.75) is 26.0 Å². The number of methoxy groups -OCH3 is 1. The number of hydrogen-bond acceptors (Lipinski definition) is 7. The first-order chi connectivity index (χ1) is 18.0. The van der Waals surface area contributed by atoms with E-state index in [1.54, 1.807) is 26.0 Å². The predicted octanol–water partition coefficient (Wildman–Crippen LogP) is 5.90. The number of aliphatic hydroxyl groups is 1. The Labute approximate surface area is 228 Å². The number of Topliss-reactive ketones (excluding diaryl/α,β-unsaturated/α-hetero) is 1. The van der Waals surface area contributed by atoms with Crippen molar-refractivity contribution in [3.63, 3.8) is 0 Å². The van der Waals surface area contributed by atoms with E-state index in [0.29, 0.717) is 5.56 Å². The zero-order chi connectivity index (χ0) is 27.7. The van der Waals surface area contributed by atoms with Gasteiger partial charge in [-0.05, 0) is 61.9 Å². The summed E-state index contributed by atoms with van der Waals surface area (Å²) in [6.07, 6.45) is -0.364. The van der Waals surface area contributed by atoms with Gasteiger partial charge in [-0.2, -0.15) is 0 Å². The number of carbonyl (C=O) groups excluding carboxylic acids is 3. The third-order valence-corrected chi connectivity index (χ3v) is 6.32. The van der Waals surface area contributed by atoms with Crippen molar-refractivity contribution in [1.29, 1.82) is 0 Å². The third-order valence-electron chi connectivity index (χ3n) is 5.82. The smallest absolute Gasteiger partial charge is 0.338 e. The van der Waals surface area contributed by atoms with Crippen LogP contribution in [0.2, 0.25) is 10.0 Å². The molecule has 1 amide bonds. The predicted molar refractivity (Wildman–Crippen MR) is 143 cm³/mol. The van der Waals surface area contributed by atoms with Crippen LogP contribution >= 0.6 is 23.2 Å². The molecule has 2 N–H and O–H groups in total. The van der Waals surface area contributed by atoms with Crippen LogP contribution in [0, 0.1) is 0 Å². The van der Waals surface area contributed by atoms with Gasteiger partial charge in [-0.3, -0.25) is 14.5 Å². The summed E-state index contributed by atoms with van der Waals surface area (Å²) in [6, 6.07) is 13.5. The molecule has 0 radical (unpaired) electrons. The summed E-state index contributed by atoms with van der Waals surface area (Å²) in [7, 11) is 1.34. The van der Waals surface area contributed by atoms with Crippen LogP contribution in [-0.2, 0) is 14.3 Å². The van der Waals surface area contributed by atoms with Crippen molar-refractivity contribution in [2.75, 3.05) is 12.0 Å². The van der Waals surface area contributed by atoms with Crippen LogP contribution in [0.5, 0.6) is 11.5 Å². The topological polar surface area (TPSA) is 113 Å². The molecule has 38 heavy (non-hydrogen) atoms. The van der Waals surface area contributed by atoms with Gasteiger partial charge in [-0.15, -0.1) is 0 Å². The number of amides is 1. The summed E-state index contributed by atoms with van der Waals surface area (Å²) in [4.78, 5) is 40.6. The summed E-state index contributed by atoms with van der Waals surface area (Å²) in [6.45, 7) is 3.42. The largest absolute Gasteiger partial charge is 0.508 e. The quantitative estimate of drug-likeness (QED) is 0.168. The molecule has 3 aromatic carbocycles. The Morgan fingerprint density at radius 2 is 1.71 bits per heavy atom. The fourth-order valence-electron chi connectivity index (χ4n) is 4.22. The van der Waals surface area contributed by atoms with Gasteiger partial charge >= 0.3 is 5.97 Å². The number of rotatable bonds is 6. The van der Waals surface area contributed by atoms with Crippen molar-refractivity contribution >= 4 is 52.3 Å². The number of esters is 1. The third kappa shape index (κ3) is 5.05. The maximum atomic E-state index is 13.4. The zero-order valence-electron chi connectivity index (χ0n) is 20.6. The number of hydrogen-bond donors (Lipinski definition) is 2. The summed E-state index contributed by atoms with van der Waals surface area (Å²) in [5.74, 6) is -3.05. The minimum absolute atomic E-state index is 0.0149. The number of aromatic hydroxyl groups is 1. The van der Waals surface area contributed by atoms with E-state index in [4.69, 9.17) is 32.7 Å². The zero-order valence-corrected chi connectivity index (χ0v) is 22.1. The van der Waals surface area contributed by atoms with Crippen LogP contribution in [0.25, 0.3) is 5.76 Å². The highest BCUT2D eigenvalue weighted by Gasteiger charge is 2.47. The number of benzene rings is 3. The first-order valence-electron chi connectivity index (χ1n) is 11.5. The number of carbonyl (C=O) groups is 3. The minimum atomic E-state index is -1.13. The molecule has 0 aromatic heterocycles. The molecule has 1 fully saturated rings. The molecule has 196 valence electrons. The fourth-order valence-corrected chi connectivity index (χ4v) is 4.80. The molecular formula is C28H23Cl2NO7. The van der Waals surface area contributed by atoms with E-state index >= 15 is 0 Å². The lowest BCUT2D eigenvalue weighted by atomic mass is 9.94. The molecule has 1 atom stereocenters. The van der Waals surface area contributed by atoms with Crippen LogP contribution in [0.3, 0.4) is 0 Å². The van der Waals surface area contributed by atoms with Gasteiger partial charge in [-0.25, -0.2) is 4.79 Å². The van der Waals surface area contributed by atoms with Gasteiger partial charge in [0.15, 0.2) is 0 Å². The molecule has 3 aromatic rings. The highest BCUT2D eigenvalue weighted by atomic mass is 35.5. The van der Waals surface area contributed by atoms with Gasteiger partial charge in [-0.1, -0.05) is 41.4 Å². The molecule has 0 saturated carbocycles. The van der Waals surface area contributed by atoms with Crippen LogP contribution < -0.4 is 9.64 Å². The van der Waals surface area contributed by atoms with E-state index in [0.717, 1.165) is 0 Å². The number of anilines is 1. The number of aliphatic hydroxyl groups excluding tert-OH is 1. The molecule has 1 unspecified atom stereocenters. The molecule has 1 heterocycles. The van der Waals surface area contributed by atoms with Gasteiger partial charge in [0, 0.05) is 10.7 Å². The number of halogens is 2. The number of nitrogens with zero attached hydrogens (tertiary/aromatic N) is 1. The van der Waals surface area contributed by atoms with E-state index in [1.807, 2.05) is 0 Å². The summed E-state index contributed by atoms with van der Waals surface area (Å²) < 4.78 is 10.6. The Hall–Kier alpha value is -4.01. The van der Waals surface area contributed by atoms with E-state index in [9.17, 15) is 24.6 Å². The molecule has 8 nitrogen and oxygen atoms in total. The first-order valence-corrected chi connectivity index (χ1v) is 12.2. The second-order valence-corrected chi connectivity index (χ2v) is 9.58. The summed E-state index contributed by atoms with van der Waals surface area (Å²) in [5, 5.41) is 21.5. The Bertz CT molecular complexity index is 1460. The number of ether oxygens (including phenoxy) is 2. The molecule has 1 aliphatic rings. The molecule has 0 bridgehead atoms. The monoisotopic (exact) mass is 555 g/mol. The average Bonchev–Trinajstić information content (AvgIpc) is 3.13. The Morgan fingerprint density at radius 1 is 1.03 bits per heavy atom. The molecule has 1 aliphatic heterocycles. The lowest BCUT2D eigenvalue weighted by Crippen LogP contribution is -2.29. The molecule has 0 spiro atoms. The molecule has 1 saturated heterocycles. The lowest BCUT2D eigenvalue weighted by molar-refractivity contribution is -0.132. The number of phenolic OH excluding ortho intramolecular Hbond substituents is 1. The second kappa shape index (κ2) is 10.8. The van der Waals surface area contributed by atoms with E-state index in [2.05, 4.69) is 0 Å². The summed E-state index contributed by atoms with van der Waals surface area (Å²) in [5.41, 5.74) is 0.559. The maximum absolute atomic E-state index is 13.4. The minimum Gasteiger partial charge on any atom is -0.508 e. The highest BCUT2D eigenvalue weighted by Crippen LogP contribution is 2.45. The maximum Gasteiger partial charge on any atom is 0.338 e. The lowest BCUT2D eigenvalue weighted by Gasteiger charge is -2.26. The molecule has 0 aliphatic carbocycles. The standard InChI is InChI=1S/C28H23Cl2NO7/c1-14(2)38-28(36)16-5-4-6-18(11-16)31-23(15-7-9-19(32)10-8-15)22(25(34)27(31)35)24(33)20-12-17(29)13-21(30)26(20)37-3/h4-14,23,32-33H,1-3H3/b24-22+. The Balaban J connectivity index is 1.95. The second-order valence-electron chi connectivity index (χ2n) is 8.73. The van der Waals surface area contributed by atoms with Crippen molar-refractivity contribution in [1.82, 2.24) is 0 Å². The van der Waals surface area contributed by atoms with Gasteiger partial charge in [0.1, 0.15) is 17.3 Å². The fraction of sp³-hybridized carbons (Fsp3) is 0.179. The Morgan fingerprint density at radius 3 is 2.34 bits per heavy atom. The van der Waals surface area contributed by atoms with E-state index in [-0.39, 0.29) is 50.0 Å². The highest BCUT2D eigenvalue weighted by molar-refractivity contribution is 6.52. The SMILES string of the molecule is COc1c(Cl)cc(Cl)cc1/C(O)=C1\C(=O)C(=O)N(c2cccc(C(=O)OC(C)C)c2)C1c1ccc(O)cc1. The van der Waals surface area contributed by atoms with Crippen molar-refractivity contribution in [3.05, 3.63) is 93.0 Å². The van der Waals surface area contributed by atoms with Crippen LogP contribution in [0.1, 0.15) is 41.4 Å². The Kier molecular flexibility index (Phi) is 7.66. The summed E-state index contributed by atoms with van der Waals surface area (Å²) >= 11 is 12.4. The van der Waals surface area contributed by atoms with Gasteiger partial charge in [0.25, 0.3) is 11.7 Å². The molecule has 4 rings (SSSR count).